The molecule has 0 saturated carbocycles. The summed E-state index contributed by atoms with van der Waals surface area (Å²) in [6.45, 7) is 3.76. The van der Waals surface area contributed by atoms with Crippen LogP contribution in [0.3, 0.4) is 0 Å². The predicted octanol–water partition coefficient (Wildman–Crippen LogP) is 3.26. The molecule has 0 atom stereocenters. The Morgan fingerprint density at radius 2 is 1.90 bits per heavy atom. The van der Waals surface area contributed by atoms with Gasteiger partial charge in [0, 0.05) is 37.8 Å². The number of pyridine rings is 1. The highest BCUT2D eigenvalue weighted by molar-refractivity contribution is 7.13. The molecule has 1 aliphatic heterocycles. The molecular formula is C13H14Cl2N4S. The smallest absolute Gasteiger partial charge is 0.185 e. The standard InChI is InChI=1S/C13H14Cl2N4S/c14-9-11-10(15)1-2-12(17-11)18-4-6-19(7-5-18)13-16-3-8-20-13/h1-3,8H,4-7,9H2. The molecule has 7 heteroatoms. The molecule has 0 bridgehead atoms. The minimum atomic E-state index is 0.339. The summed E-state index contributed by atoms with van der Waals surface area (Å²) < 4.78 is 0. The van der Waals surface area contributed by atoms with E-state index in [0.29, 0.717) is 10.9 Å². The summed E-state index contributed by atoms with van der Waals surface area (Å²) in [5.74, 6) is 1.29. The van der Waals surface area contributed by atoms with E-state index in [0.717, 1.165) is 42.8 Å². The van der Waals surface area contributed by atoms with Crippen LogP contribution in [0, 0.1) is 0 Å². The van der Waals surface area contributed by atoms with Gasteiger partial charge >= 0.3 is 0 Å². The number of hydrogen-bond donors (Lipinski definition) is 0. The van der Waals surface area contributed by atoms with Crippen LogP contribution in [0.2, 0.25) is 5.02 Å². The normalized spacial score (nSPS) is 15.7. The molecular weight excluding hydrogens is 315 g/mol. The number of aromatic nitrogens is 2. The van der Waals surface area contributed by atoms with Crippen LogP contribution in [-0.2, 0) is 5.88 Å². The van der Waals surface area contributed by atoms with E-state index in [1.165, 1.54) is 0 Å². The molecule has 1 aliphatic rings. The zero-order chi connectivity index (χ0) is 13.9. The number of nitrogens with zero attached hydrogens (tertiary/aromatic N) is 4. The van der Waals surface area contributed by atoms with Gasteiger partial charge in [0.15, 0.2) is 5.13 Å². The summed E-state index contributed by atoms with van der Waals surface area (Å²) in [5, 5.41) is 3.73. The average Bonchev–Trinajstić information content (AvgIpc) is 3.02. The summed E-state index contributed by atoms with van der Waals surface area (Å²) in [4.78, 5) is 13.5. The van der Waals surface area contributed by atoms with Gasteiger partial charge in [0.25, 0.3) is 0 Å². The van der Waals surface area contributed by atoms with Crippen molar-refractivity contribution in [2.45, 2.75) is 5.88 Å². The van der Waals surface area contributed by atoms with E-state index in [-0.39, 0.29) is 0 Å². The Labute approximate surface area is 132 Å². The summed E-state index contributed by atoms with van der Waals surface area (Å²) >= 11 is 13.6. The van der Waals surface area contributed by atoms with Gasteiger partial charge in [-0.3, -0.25) is 0 Å². The van der Waals surface area contributed by atoms with Gasteiger partial charge in [-0.05, 0) is 12.1 Å². The predicted molar refractivity (Wildman–Crippen MR) is 85.3 cm³/mol. The van der Waals surface area contributed by atoms with E-state index in [9.17, 15) is 0 Å². The molecule has 1 saturated heterocycles. The summed E-state index contributed by atoms with van der Waals surface area (Å²) in [6.07, 6.45) is 1.85. The van der Waals surface area contributed by atoms with Crippen molar-refractivity contribution in [2.75, 3.05) is 36.0 Å². The third kappa shape index (κ3) is 2.85. The van der Waals surface area contributed by atoms with Crippen molar-refractivity contribution in [3.8, 4) is 0 Å². The van der Waals surface area contributed by atoms with Crippen LogP contribution < -0.4 is 9.80 Å². The maximum absolute atomic E-state index is 6.05. The van der Waals surface area contributed by atoms with Crippen molar-refractivity contribution < 1.29 is 0 Å². The summed E-state index contributed by atoms with van der Waals surface area (Å²) in [7, 11) is 0. The fourth-order valence-corrected chi connectivity index (χ4v) is 3.38. The van der Waals surface area contributed by atoms with Gasteiger partial charge in [-0.25, -0.2) is 9.97 Å². The molecule has 106 valence electrons. The van der Waals surface area contributed by atoms with E-state index in [1.807, 2.05) is 23.7 Å². The third-order valence-corrected chi connectivity index (χ3v) is 4.75. The van der Waals surface area contributed by atoms with Crippen LogP contribution in [0.1, 0.15) is 5.69 Å². The maximum Gasteiger partial charge on any atom is 0.185 e. The van der Waals surface area contributed by atoms with Gasteiger partial charge in [-0.1, -0.05) is 11.6 Å². The second-order valence-electron chi connectivity index (χ2n) is 4.52. The van der Waals surface area contributed by atoms with Crippen molar-refractivity contribution in [1.29, 1.82) is 0 Å². The van der Waals surface area contributed by atoms with Crippen LogP contribution in [0.4, 0.5) is 10.9 Å². The number of halogens is 2. The van der Waals surface area contributed by atoms with Crippen molar-refractivity contribution in [1.82, 2.24) is 9.97 Å². The Hall–Kier alpha value is -1.04. The van der Waals surface area contributed by atoms with Gasteiger partial charge in [0.05, 0.1) is 16.6 Å². The molecule has 0 amide bonds. The fourth-order valence-electron chi connectivity index (χ4n) is 2.24. The Balaban J connectivity index is 1.69. The van der Waals surface area contributed by atoms with E-state index in [4.69, 9.17) is 23.2 Å². The summed E-state index contributed by atoms with van der Waals surface area (Å²) in [5.41, 5.74) is 0.744. The first-order valence-corrected chi connectivity index (χ1v) is 8.18. The van der Waals surface area contributed by atoms with Crippen LogP contribution in [0.25, 0.3) is 0 Å². The molecule has 3 heterocycles. The van der Waals surface area contributed by atoms with Crippen LogP contribution in [-0.4, -0.2) is 36.1 Å². The Morgan fingerprint density at radius 3 is 2.55 bits per heavy atom. The topological polar surface area (TPSA) is 32.3 Å². The molecule has 2 aromatic heterocycles. The lowest BCUT2D eigenvalue weighted by Gasteiger charge is -2.35. The Morgan fingerprint density at radius 1 is 1.15 bits per heavy atom. The largest absolute Gasteiger partial charge is 0.353 e. The highest BCUT2D eigenvalue weighted by Gasteiger charge is 2.20. The van der Waals surface area contributed by atoms with Gasteiger partial charge in [-0.2, -0.15) is 0 Å². The van der Waals surface area contributed by atoms with Crippen LogP contribution in [0.5, 0.6) is 0 Å². The highest BCUT2D eigenvalue weighted by atomic mass is 35.5. The van der Waals surface area contributed by atoms with Crippen LogP contribution in [0.15, 0.2) is 23.7 Å². The second-order valence-corrected chi connectivity index (χ2v) is 6.07. The van der Waals surface area contributed by atoms with Gasteiger partial charge in [0.2, 0.25) is 0 Å². The van der Waals surface area contributed by atoms with Crippen LogP contribution >= 0.6 is 34.5 Å². The van der Waals surface area contributed by atoms with Crippen molar-refractivity contribution in [3.63, 3.8) is 0 Å². The first kappa shape index (κ1) is 13.9. The molecule has 4 nitrogen and oxygen atoms in total. The molecule has 0 spiro atoms. The number of piperazine rings is 1. The number of alkyl halides is 1. The number of thiazole rings is 1. The zero-order valence-corrected chi connectivity index (χ0v) is 13.1. The number of hydrogen-bond acceptors (Lipinski definition) is 5. The Kier molecular flexibility index (Phi) is 4.29. The molecule has 0 aromatic carbocycles. The first-order valence-electron chi connectivity index (χ1n) is 6.38. The molecule has 0 N–H and O–H groups in total. The number of rotatable bonds is 3. The lowest BCUT2D eigenvalue weighted by Crippen LogP contribution is -2.46. The van der Waals surface area contributed by atoms with Gasteiger partial charge in [0.1, 0.15) is 5.82 Å². The summed E-state index contributed by atoms with van der Waals surface area (Å²) in [6, 6.07) is 3.83. The highest BCUT2D eigenvalue weighted by Crippen LogP contribution is 2.24. The Bertz CT molecular complexity index is 568. The van der Waals surface area contributed by atoms with E-state index in [1.54, 1.807) is 11.3 Å². The minimum absolute atomic E-state index is 0.339. The van der Waals surface area contributed by atoms with Crippen molar-refractivity contribution in [2.24, 2.45) is 0 Å². The lowest BCUT2D eigenvalue weighted by atomic mass is 10.3. The molecule has 1 fully saturated rings. The molecule has 20 heavy (non-hydrogen) atoms. The SMILES string of the molecule is ClCc1nc(N2CCN(c3nccs3)CC2)ccc1Cl. The van der Waals surface area contributed by atoms with E-state index >= 15 is 0 Å². The minimum Gasteiger partial charge on any atom is -0.353 e. The van der Waals surface area contributed by atoms with Crippen molar-refractivity contribution >= 4 is 45.5 Å². The molecule has 2 aromatic rings. The average molecular weight is 329 g/mol. The first-order chi connectivity index (χ1) is 9.78. The number of anilines is 2. The third-order valence-electron chi connectivity index (χ3n) is 3.32. The van der Waals surface area contributed by atoms with Gasteiger partial charge in [-0.15, -0.1) is 22.9 Å². The fraction of sp³-hybridized carbons (Fsp3) is 0.385. The quantitative estimate of drug-likeness (QED) is 0.809. The molecule has 0 unspecified atom stereocenters. The lowest BCUT2D eigenvalue weighted by molar-refractivity contribution is 0.645. The zero-order valence-electron chi connectivity index (χ0n) is 10.8. The maximum atomic E-state index is 6.05. The molecule has 0 aliphatic carbocycles. The monoisotopic (exact) mass is 328 g/mol. The van der Waals surface area contributed by atoms with E-state index in [2.05, 4.69) is 19.8 Å². The molecule has 3 rings (SSSR count). The van der Waals surface area contributed by atoms with Gasteiger partial charge < -0.3 is 9.80 Å². The van der Waals surface area contributed by atoms with E-state index < -0.39 is 0 Å². The second kappa shape index (κ2) is 6.16. The molecule has 0 radical (unpaired) electrons. The van der Waals surface area contributed by atoms with Crippen molar-refractivity contribution in [3.05, 3.63) is 34.4 Å².